The van der Waals surface area contributed by atoms with Crippen molar-refractivity contribution in [3.63, 3.8) is 0 Å². The number of hydrogen-bond donors (Lipinski definition) is 0. The third-order valence-corrected chi connectivity index (χ3v) is 26.5. The average molecular weight is 887 g/mol. The van der Waals surface area contributed by atoms with Gasteiger partial charge in [-0.25, -0.2) is 0 Å². The van der Waals surface area contributed by atoms with Crippen LogP contribution in [0.2, 0.25) is 0 Å². The molecule has 29 aromatic carbocycles. The molecule has 1 nitrogen and oxygen atoms in total. The molecule has 0 saturated heterocycles. The van der Waals surface area contributed by atoms with Crippen molar-refractivity contribution in [3.05, 3.63) is 58.1 Å². The van der Waals surface area contributed by atoms with Crippen molar-refractivity contribution in [1.82, 2.24) is 0 Å². The Morgan fingerprint density at radius 1 is 0.254 bits per heavy atom. The highest BCUT2D eigenvalue weighted by atomic mass is 35.5. The monoisotopic (exact) mass is 886 g/mol. The molecule has 0 bridgehead atoms. The van der Waals surface area contributed by atoms with Gasteiger partial charge in [0.05, 0.1) is 16.2 Å². The standard InChI is InChI=1S/C69H7ClO/c70-66(71)67(6-7-4-2-1-3-5-7)68-62-54-46-36-26-18-10-8-9-12-16-14(10)22-30-24(16)34-28-20(12)21-13(9)17-15-11(8)19(18)27-33-23(15)31-25(17)35-29(21)39-38(28)48-42(34)52-44(30)50(40(46)32(22)26)58(62)60(52)64-56(48)57-49(39)43(35)53-45(31)51-41(33)47(37(27)36)55(54)63(68)59(51)61(53)65(57)69(64,67)68/h1-5H,6H2. The number of benzene rings is 19. The van der Waals surface area contributed by atoms with E-state index in [1.54, 1.807) is 248 Å². The number of halogens is 1. The molecule has 0 unspecified atom stereocenters. The number of hydrogen-bond acceptors (Lipinski definition) is 1. The van der Waals surface area contributed by atoms with Crippen LogP contribution in [0.25, 0.3) is 291 Å². The summed E-state index contributed by atoms with van der Waals surface area (Å²) in [6.45, 7) is 0. The summed E-state index contributed by atoms with van der Waals surface area (Å²) < 4.78 is 0. The Morgan fingerprint density at radius 3 is 0.563 bits per heavy atom. The van der Waals surface area contributed by atoms with Gasteiger partial charge in [-0.15, -0.1) is 0 Å². The predicted molar refractivity (Wildman–Crippen MR) is 297 cm³/mol. The summed E-state index contributed by atoms with van der Waals surface area (Å²) in [4.78, 5) is 16.4. The minimum absolute atomic E-state index is 0.114. The first-order valence-electron chi connectivity index (χ1n) is 26.3. The highest BCUT2D eigenvalue weighted by Crippen LogP contribution is 2.97. The van der Waals surface area contributed by atoms with E-state index in [9.17, 15) is 0 Å². The molecule has 29 aromatic rings. The van der Waals surface area contributed by atoms with Gasteiger partial charge in [0.25, 0.3) is 0 Å². The van der Waals surface area contributed by atoms with Gasteiger partial charge in [-0.3, -0.25) is 4.79 Å². The average Bonchev–Trinajstić information content (AvgIpc) is 4.37. The second-order valence-electron chi connectivity index (χ2n) is 26.1. The molecule has 0 atom stereocenters. The molecule has 2 heteroatoms. The molecular weight excluding hydrogens is 880 g/mol. The molecule has 71 heavy (non-hydrogen) atoms. The van der Waals surface area contributed by atoms with Crippen LogP contribution in [0.5, 0.6) is 0 Å². The summed E-state index contributed by atoms with van der Waals surface area (Å²) in [5.41, 5.74) is 5.13. The van der Waals surface area contributed by atoms with Crippen LogP contribution in [0, 0.1) is 5.41 Å². The van der Waals surface area contributed by atoms with E-state index < -0.39 is 16.2 Å². The Hall–Kier alpha value is -8.36. The largest absolute Gasteiger partial charge is 0.281 e. The van der Waals surface area contributed by atoms with E-state index in [-0.39, 0.29) is 5.24 Å². The van der Waals surface area contributed by atoms with Crippen molar-refractivity contribution >= 4 is 308 Å². The van der Waals surface area contributed by atoms with Crippen LogP contribution in [0.15, 0.2) is 30.3 Å². The zero-order valence-electron chi connectivity index (χ0n) is 35.9. The third kappa shape index (κ3) is 1.37. The van der Waals surface area contributed by atoms with Gasteiger partial charge in [0.15, 0.2) is 0 Å². The Bertz CT molecular complexity index is 6900. The first-order chi connectivity index (χ1) is 35.3. The molecule has 296 valence electrons. The summed E-state index contributed by atoms with van der Waals surface area (Å²) in [5, 5.41) is 85.0. The third-order valence-electron chi connectivity index (χ3n) is 26.2. The molecule has 0 aliphatic heterocycles. The lowest BCUT2D eigenvalue weighted by molar-refractivity contribution is -0.117. The Balaban J connectivity index is 1.17. The Labute approximate surface area is 391 Å². The van der Waals surface area contributed by atoms with Crippen LogP contribution in [0.4, 0.5) is 0 Å². The van der Waals surface area contributed by atoms with E-state index in [4.69, 9.17) is 11.6 Å². The van der Waals surface area contributed by atoms with E-state index in [0.717, 1.165) is 0 Å². The van der Waals surface area contributed by atoms with E-state index in [0.29, 0.717) is 6.42 Å². The van der Waals surface area contributed by atoms with Crippen molar-refractivity contribution < 1.29 is 4.79 Å². The number of rotatable bonds is 3. The van der Waals surface area contributed by atoms with Crippen LogP contribution in [-0.4, -0.2) is 5.24 Å². The number of carbonyl (C=O) groups is 1. The molecule has 0 amide bonds. The second kappa shape index (κ2) is 5.92. The van der Waals surface area contributed by atoms with Crippen molar-refractivity contribution in [2.75, 3.05) is 0 Å². The van der Waals surface area contributed by atoms with Crippen LogP contribution < -0.4 is 0 Å². The first-order valence-corrected chi connectivity index (χ1v) is 26.6. The summed E-state index contributed by atoms with van der Waals surface area (Å²) in [6.07, 6.45) is 0.633. The summed E-state index contributed by atoms with van der Waals surface area (Å²) >= 11 is 7.98. The minimum atomic E-state index is -0.924. The Morgan fingerprint density at radius 2 is 0.408 bits per heavy atom. The molecular formula is C69H7ClO. The Kier molecular flexibility index (Phi) is 2.22. The second-order valence-corrected chi connectivity index (χ2v) is 26.4. The molecule has 1 saturated carbocycles. The van der Waals surface area contributed by atoms with Crippen LogP contribution in [-0.2, 0) is 22.0 Å². The summed E-state index contributed by atoms with van der Waals surface area (Å²) in [7, 11) is 0. The molecule has 34 rings (SSSR count). The van der Waals surface area contributed by atoms with Gasteiger partial charge in [0.1, 0.15) is 0 Å². The van der Waals surface area contributed by atoms with Gasteiger partial charge in [-0.05, 0) is 337 Å². The van der Waals surface area contributed by atoms with Crippen LogP contribution in [0.1, 0.15) is 27.8 Å². The first kappa shape index (κ1) is 26.6. The predicted octanol–water partition coefficient (Wildman–Crippen LogP) is 18.3. The molecule has 2 spiro atoms. The summed E-state index contributed by atoms with van der Waals surface area (Å²) in [5.74, 6) is 0. The maximum Gasteiger partial charge on any atom is 0.230 e. The summed E-state index contributed by atoms with van der Waals surface area (Å²) in [6, 6.07) is 11.2. The SMILES string of the molecule is O=C(Cl)C1(Cc2ccccc2)C23c4c5c6c7c8c9c(c%10c%11c2c2c4c4c%12c5c5c6c6c8c8c%13c9c9c%10c%10c%11c%11c2c2c4c4c%12c%12c5c5c6c8c6c8c%13c9c9c%10c%10c%11c2c2c4c4c%12c5c6c5c8c9c%10c2c45)C713. The van der Waals surface area contributed by atoms with Gasteiger partial charge in [0, 0.05) is 0 Å². The molecule has 0 heterocycles. The molecule has 1 fully saturated rings. The van der Waals surface area contributed by atoms with E-state index in [1.807, 2.05) is 0 Å². The fourth-order valence-electron chi connectivity index (χ4n) is 26.3. The van der Waals surface area contributed by atoms with Crippen LogP contribution >= 0.6 is 11.6 Å². The maximum atomic E-state index is 16.4. The zero-order chi connectivity index (χ0) is 42.4. The highest BCUT2D eigenvalue weighted by Gasteiger charge is 2.96. The van der Waals surface area contributed by atoms with Gasteiger partial charge in [0.2, 0.25) is 5.24 Å². The van der Waals surface area contributed by atoms with Crippen LogP contribution in [0.3, 0.4) is 0 Å². The van der Waals surface area contributed by atoms with E-state index in [2.05, 4.69) is 30.3 Å². The quantitative estimate of drug-likeness (QED) is 0.128. The fourth-order valence-corrected chi connectivity index (χ4v) is 26.6. The minimum Gasteiger partial charge on any atom is -0.281 e. The van der Waals surface area contributed by atoms with Gasteiger partial charge < -0.3 is 0 Å². The van der Waals surface area contributed by atoms with Crippen molar-refractivity contribution in [3.8, 4) is 0 Å². The lowest BCUT2D eigenvalue weighted by Crippen LogP contribution is -2.27. The topological polar surface area (TPSA) is 17.1 Å². The van der Waals surface area contributed by atoms with E-state index >= 15 is 4.79 Å². The molecule has 0 radical (unpaired) electrons. The molecule has 0 N–H and O–H groups in total. The smallest absolute Gasteiger partial charge is 0.230 e. The molecule has 5 aliphatic carbocycles. The number of carbonyl (C=O) groups excluding carboxylic acids is 1. The maximum absolute atomic E-state index is 16.4. The lowest BCUT2D eigenvalue weighted by Gasteiger charge is -2.32. The van der Waals surface area contributed by atoms with Gasteiger partial charge in [-0.2, -0.15) is 0 Å². The highest BCUT2D eigenvalue weighted by molar-refractivity contribution is 6.83. The fraction of sp³-hybridized carbons (Fsp3) is 0.0580. The lowest BCUT2D eigenvalue weighted by atomic mass is 9.68. The van der Waals surface area contributed by atoms with E-state index in [1.165, 1.54) is 70.9 Å². The van der Waals surface area contributed by atoms with Crippen molar-refractivity contribution in [2.24, 2.45) is 5.41 Å². The molecule has 5 aliphatic rings. The zero-order valence-corrected chi connectivity index (χ0v) is 36.6. The van der Waals surface area contributed by atoms with Crippen molar-refractivity contribution in [2.45, 2.75) is 17.3 Å². The van der Waals surface area contributed by atoms with Gasteiger partial charge >= 0.3 is 0 Å². The van der Waals surface area contributed by atoms with Gasteiger partial charge in [-0.1, -0.05) is 30.3 Å². The normalized spacial score (nSPS) is 24.1. The van der Waals surface area contributed by atoms with Crippen molar-refractivity contribution in [1.29, 1.82) is 0 Å². The molecule has 0 aromatic heterocycles.